The summed E-state index contributed by atoms with van der Waals surface area (Å²) in [5.74, 6) is 2.53. The van der Waals surface area contributed by atoms with E-state index in [1.54, 1.807) is 10.8 Å². The van der Waals surface area contributed by atoms with Gasteiger partial charge in [-0.2, -0.15) is 10.2 Å². The molecule has 1 saturated carbocycles. The zero-order chi connectivity index (χ0) is 25.4. The van der Waals surface area contributed by atoms with E-state index in [2.05, 4.69) is 31.5 Å². The van der Waals surface area contributed by atoms with Gasteiger partial charge in [0.1, 0.15) is 35.8 Å². The van der Waals surface area contributed by atoms with Crippen LogP contribution in [0.1, 0.15) is 36.8 Å². The molecule has 190 valence electrons. The Morgan fingerprint density at radius 2 is 1.89 bits per heavy atom. The molecule has 3 N–H and O–H groups in total. The van der Waals surface area contributed by atoms with Crippen molar-refractivity contribution in [1.29, 1.82) is 0 Å². The zero-order valence-corrected chi connectivity index (χ0v) is 20.6. The van der Waals surface area contributed by atoms with E-state index in [-0.39, 0.29) is 6.04 Å². The molecule has 0 radical (unpaired) electrons. The number of aromatic nitrogens is 6. The van der Waals surface area contributed by atoms with Crippen LogP contribution in [0.3, 0.4) is 0 Å². The Morgan fingerprint density at radius 3 is 2.76 bits per heavy atom. The highest BCUT2D eigenvalue weighted by Crippen LogP contribution is 2.32. The maximum absolute atomic E-state index is 14.1. The highest BCUT2D eigenvalue weighted by atomic mass is 19.1. The van der Waals surface area contributed by atoms with Crippen molar-refractivity contribution in [2.45, 2.75) is 51.2 Å². The quantitative estimate of drug-likeness (QED) is 0.323. The van der Waals surface area contributed by atoms with Crippen LogP contribution in [0.15, 0.2) is 61.4 Å². The van der Waals surface area contributed by atoms with Gasteiger partial charge in [-0.05, 0) is 86.4 Å². The minimum absolute atomic E-state index is 0.312. The van der Waals surface area contributed by atoms with E-state index in [0.717, 1.165) is 65.2 Å². The molecule has 0 spiro atoms. The van der Waals surface area contributed by atoms with Gasteiger partial charge in [0, 0.05) is 30.2 Å². The lowest BCUT2D eigenvalue weighted by atomic mass is 9.82. The van der Waals surface area contributed by atoms with Crippen LogP contribution in [0.5, 0.6) is 11.5 Å². The molecule has 0 aliphatic heterocycles. The van der Waals surface area contributed by atoms with Crippen LogP contribution in [-0.2, 0) is 6.42 Å². The molecule has 6 rings (SSSR count). The maximum atomic E-state index is 14.1. The van der Waals surface area contributed by atoms with Gasteiger partial charge in [0.2, 0.25) is 0 Å². The molecular weight excluding hydrogens is 471 g/mol. The summed E-state index contributed by atoms with van der Waals surface area (Å²) in [5.41, 5.74) is 10.5. The number of nitrogens with two attached hydrogens (primary N) is 1. The molecule has 1 aromatic carbocycles. The van der Waals surface area contributed by atoms with Crippen molar-refractivity contribution in [3.05, 3.63) is 72.6 Å². The summed E-state index contributed by atoms with van der Waals surface area (Å²) in [6.45, 7) is 2.00. The molecule has 3 atom stereocenters. The van der Waals surface area contributed by atoms with Crippen LogP contribution >= 0.6 is 0 Å². The molecule has 0 amide bonds. The molecule has 0 saturated heterocycles. The summed E-state index contributed by atoms with van der Waals surface area (Å²) in [6.07, 6.45) is 9.97. The molecule has 1 aliphatic carbocycles. The van der Waals surface area contributed by atoms with Gasteiger partial charge in [0.15, 0.2) is 11.5 Å². The molecule has 0 bridgehead atoms. The summed E-state index contributed by atoms with van der Waals surface area (Å²) < 4.78 is 23.7. The third kappa shape index (κ3) is 4.84. The number of nitrogens with zero attached hydrogens (tertiary/aromatic N) is 6. The molecule has 37 heavy (non-hydrogen) atoms. The molecule has 5 aromatic rings. The number of benzene rings is 1. The van der Waals surface area contributed by atoms with Crippen LogP contribution in [-0.4, -0.2) is 41.4 Å². The Bertz CT molecular complexity index is 1550. The van der Waals surface area contributed by atoms with Crippen molar-refractivity contribution in [1.82, 2.24) is 29.2 Å². The zero-order valence-electron chi connectivity index (χ0n) is 20.6. The third-order valence-electron chi connectivity index (χ3n) is 7.21. The van der Waals surface area contributed by atoms with E-state index in [0.29, 0.717) is 18.1 Å². The summed E-state index contributed by atoms with van der Waals surface area (Å²) in [4.78, 5) is 8.73. The predicted molar refractivity (Wildman–Crippen MR) is 139 cm³/mol. The lowest BCUT2D eigenvalue weighted by Gasteiger charge is -2.29. The van der Waals surface area contributed by atoms with Crippen molar-refractivity contribution in [3.8, 4) is 11.5 Å². The number of hydrogen-bond donors (Lipinski definition) is 2. The van der Waals surface area contributed by atoms with Gasteiger partial charge < -0.3 is 15.8 Å². The van der Waals surface area contributed by atoms with Crippen LogP contribution in [0, 0.1) is 12.8 Å². The smallest absolute Gasteiger partial charge is 0.158 e. The van der Waals surface area contributed by atoms with E-state index in [4.69, 9.17) is 10.5 Å². The lowest BCUT2D eigenvalue weighted by molar-refractivity contribution is 0.166. The number of pyridine rings is 1. The van der Waals surface area contributed by atoms with Crippen molar-refractivity contribution in [2.24, 2.45) is 11.7 Å². The second kappa shape index (κ2) is 9.78. The van der Waals surface area contributed by atoms with Gasteiger partial charge in [0.25, 0.3) is 0 Å². The number of alkyl halides is 1. The van der Waals surface area contributed by atoms with Crippen molar-refractivity contribution in [3.63, 3.8) is 0 Å². The summed E-state index contributed by atoms with van der Waals surface area (Å²) in [5, 5.41) is 11.9. The minimum Gasteiger partial charge on any atom is -0.457 e. The van der Waals surface area contributed by atoms with Crippen LogP contribution in [0.25, 0.3) is 11.2 Å². The van der Waals surface area contributed by atoms with Crippen molar-refractivity contribution in [2.75, 3.05) is 5.32 Å². The SMILES string of the molecule is Cc1cc(Nc2ncnn3ccc(CCC4CC[C@@H](N)[C@@H](F)C4)c23)ccc1Oc1ccn2ncnc2c1. The van der Waals surface area contributed by atoms with E-state index in [1.165, 1.54) is 6.33 Å². The Kier molecular flexibility index (Phi) is 6.17. The first kappa shape index (κ1) is 23.4. The van der Waals surface area contributed by atoms with Crippen molar-refractivity contribution >= 4 is 22.7 Å². The molecule has 1 aliphatic rings. The highest BCUT2D eigenvalue weighted by Gasteiger charge is 2.28. The summed E-state index contributed by atoms with van der Waals surface area (Å²) in [6, 6.07) is 11.4. The van der Waals surface area contributed by atoms with Crippen LogP contribution in [0.2, 0.25) is 0 Å². The fourth-order valence-electron chi connectivity index (χ4n) is 5.12. The average Bonchev–Trinajstić information content (AvgIpc) is 3.53. The minimum atomic E-state index is -0.897. The number of nitrogens with one attached hydrogen (secondary N) is 1. The van der Waals surface area contributed by atoms with Gasteiger partial charge in [-0.3, -0.25) is 0 Å². The third-order valence-corrected chi connectivity index (χ3v) is 7.21. The Balaban J connectivity index is 1.18. The first-order valence-electron chi connectivity index (χ1n) is 12.6. The van der Waals surface area contributed by atoms with Gasteiger partial charge in [-0.15, -0.1) is 0 Å². The number of rotatable bonds is 7. The molecule has 1 fully saturated rings. The summed E-state index contributed by atoms with van der Waals surface area (Å²) >= 11 is 0. The first-order chi connectivity index (χ1) is 18.0. The first-order valence-corrected chi connectivity index (χ1v) is 12.6. The van der Waals surface area contributed by atoms with E-state index in [9.17, 15) is 4.39 Å². The van der Waals surface area contributed by atoms with Crippen LogP contribution < -0.4 is 15.8 Å². The number of hydrogen-bond acceptors (Lipinski definition) is 7. The van der Waals surface area contributed by atoms with E-state index >= 15 is 0 Å². The molecule has 10 heteroatoms. The second-order valence-corrected chi connectivity index (χ2v) is 9.77. The topological polar surface area (TPSA) is 108 Å². The van der Waals surface area contributed by atoms with Gasteiger partial charge in [-0.25, -0.2) is 23.4 Å². The van der Waals surface area contributed by atoms with Gasteiger partial charge in [0.05, 0.1) is 0 Å². The number of anilines is 2. The normalized spacial score (nSPS) is 19.9. The monoisotopic (exact) mass is 500 g/mol. The number of fused-ring (bicyclic) bond motifs is 2. The number of ether oxygens (including phenoxy) is 1. The average molecular weight is 501 g/mol. The van der Waals surface area contributed by atoms with E-state index < -0.39 is 6.17 Å². The van der Waals surface area contributed by atoms with E-state index in [1.807, 2.05) is 54.2 Å². The molecule has 4 heterocycles. The Hall–Kier alpha value is -4.05. The van der Waals surface area contributed by atoms with Crippen LogP contribution in [0.4, 0.5) is 15.9 Å². The molecule has 1 unspecified atom stereocenters. The fraction of sp³-hybridized carbons (Fsp3) is 0.333. The van der Waals surface area contributed by atoms with Gasteiger partial charge in [-0.1, -0.05) is 0 Å². The maximum Gasteiger partial charge on any atom is 0.158 e. The largest absolute Gasteiger partial charge is 0.457 e. The Morgan fingerprint density at radius 1 is 1.05 bits per heavy atom. The molecule has 4 aromatic heterocycles. The van der Waals surface area contributed by atoms with Crippen molar-refractivity contribution < 1.29 is 9.13 Å². The predicted octanol–water partition coefficient (Wildman–Crippen LogP) is 5.01. The lowest BCUT2D eigenvalue weighted by Crippen LogP contribution is -2.37. The molecule has 9 nitrogen and oxygen atoms in total. The van der Waals surface area contributed by atoms with Gasteiger partial charge >= 0.3 is 0 Å². The highest BCUT2D eigenvalue weighted by molar-refractivity contribution is 5.76. The Labute approximate surface area is 213 Å². The number of aryl methyl sites for hydroxylation is 2. The number of halogens is 1. The fourth-order valence-corrected chi connectivity index (χ4v) is 5.12. The standard InChI is InChI=1S/C27H29FN8O/c1-17-12-20(5-7-24(17)37-21-9-11-35-25(14-21)30-15-32-35)34-27-26-19(8-10-36(26)33-16-31-27)4-2-18-3-6-23(29)22(28)13-18/h5,7-12,14-16,18,22-23H,2-4,6,13,29H2,1H3,(H,31,33,34)/t18?,22-,23+/m0/s1. The molecular formula is C27H29FN8O. The summed E-state index contributed by atoms with van der Waals surface area (Å²) in [7, 11) is 0. The second-order valence-electron chi connectivity index (χ2n) is 9.77.